The highest BCUT2D eigenvalue weighted by molar-refractivity contribution is 8.00. The van der Waals surface area contributed by atoms with Gasteiger partial charge in [0, 0.05) is 67.4 Å². The molecule has 0 spiro atoms. The summed E-state index contributed by atoms with van der Waals surface area (Å²) in [6.45, 7) is 5.02. The first-order chi connectivity index (χ1) is 34.2. The SMILES string of the molecule is CSc1cc2c3c(c1)N(SC)c1cc4c(cc1B3c1cc3c(cc1O2)N(SC)c1cc(SC)cc2c1B3c1ccccc1O2)B1c2cccc3c2N(c2ccccc2[Si]3(C)C)c2cc(SC)cc(c21)N4. The Labute approximate surface area is 432 Å². The summed E-state index contributed by atoms with van der Waals surface area (Å²) in [6.07, 6.45) is 10.9. The molecule has 0 aliphatic carbocycles. The van der Waals surface area contributed by atoms with Gasteiger partial charge in [-0.1, -0.05) is 79.8 Å². The van der Waals surface area contributed by atoms with Gasteiger partial charge in [0.1, 0.15) is 31.1 Å². The van der Waals surface area contributed by atoms with Gasteiger partial charge in [-0.05, 0) is 157 Å². The molecule has 7 heterocycles. The van der Waals surface area contributed by atoms with E-state index >= 15 is 0 Å². The van der Waals surface area contributed by atoms with Crippen molar-refractivity contribution in [3.05, 3.63) is 127 Å². The molecule has 1 N–H and O–H groups in total. The summed E-state index contributed by atoms with van der Waals surface area (Å²) >= 11 is 8.85. The van der Waals surface area contributed by atoms with Gasteiger partial charge in [0.25, 0.3) is 20.1 Å². The molecule has 8 aromatic rings. The molecule has 0 amide bonds. The Morgan fingerprint density at radius 3 is 1.71 bits per heavy atom. The third-order valence-corrected chi connectivity index (χ3v) is 23.2. The second kappa shape index (κ2) is 15.1. The first kappa shape index (κ1) is 42.4. The Morgan fingerprint density at radius 2 is 1.00 bits per heavy atom. The van der Waals surface area contributed by atoms with Crippen LogP contribution in [-0.2, 0) is 0 Å². The molecule has 15 rings (SSSR count). The molecular weight excluding hydrogens is 969 g/mol. The van der Waals surface area contributed by atoms with E-state index in [0.29, 0.717) is 0 Å². The number of hydrogen-bond acceptors (Lipinski definition) is 11. The Balaban J connectivity index is 0.995. The van der Waals surface area contributed by atoms with Crippen LogP contribution in [0.15, 0.2) is 142 Å². The van der Waals surface area contributed by atoms with Crippen molar-refractivity contribution < 1.29 is 9.47 Å². The molecular formula is C55H43B3N4O2S5Si. The van der Waals surface area contributed by atoms with E-state index in [4.69, 9.17) is 9.47 Å². The lowest BCUT2D eigenvalue weighted by Gasteiger charge is -2.48. The molecule has 70 heavy (non-hydrogen) atoms. The number of rotatable bonds is 5. The summed E-state index contributed by atoms with van der Waals surface area (Å²) in [5, 5.41) is 7.11. The molecule has 8 aromatic carbocycles. The molecule has 0 fully saturated rings. The average Bonchev–Trinajstić information content (AvgIpc) is 3.38. The van der Waals surface area contributed by atoms with Crippen molar-refractivity contribution in [1.82, 2.24) is 0 Å². The van der Waals surface area contributed by atoms with Gasteiger partial charge in [0.2, 0.25) is 0 Å². The maximum atomic E-state index is 7.30. The van der Waals surface area contributed by atoms with E-state index in [-0.39, 0.29) is 20.1 Å². The summed E-state index contributed by atoms with van der Waals surface area (Å²) in [6, 6.07) is 49.0. The molecule has 0 bridgehead atoms. The zero-order valence-corrected chi connectivity index (χ0v) is 44.6. The lowest BCUT2D eigenvalue weighted by atomic mass is 9.29. The van der Waals surface area contributed by atoms with Gasteiger partial charge < -0.3 is 19.7 Å². The summed E-state index contributed by atoms with van der Waals surface area (Å²) in [4.78, 5) is 6.24. The number of nitrogens with zero attached hydrogens (tertiary/aromatic N) is 3. The summed E-state index contributed by atoms with van der Waals surface area (Å²) in [5.74, 6) is 3.71. The van der Waals surface area contributed by atoms with E-state index < -0.39 is 8.07 Å². The zero-order valence-electron chi connectivity index (χ0n) is 39.6. The van der Waals surface area contributed by atoms with Gasteiger partial charge in [-0.2, -0.15) is 0 Å². The first-order valence-corrected chi connectivity index (χ1v) is 32.7. The van der Waals surface area contributed by atoms with Crippen LogP contribution >= 0.6 is 59.2 Å². The highest BCUT2D eigenvalue weighted by Gasteiger charge is 2.51. The van der Waals surface area contributed by atoms with Gasteiger partial charge in [0.05, 0.1) is 17.1 Å². The number of hydrogen-bond donors (Lipinski definition) is 1. The maximum absolute atomic E-state index is 7.30. The van der Waals surface area contributed by atoms with Crippen molar-refractivity contribution in [3.63, 3.8) is 0 Å². The third-order valence-electron chi connectivity index (χ3n) is 16.0. The van der Waals surface area contributed by atoms with Crippen LogP contribution in [0.1, 0.15) is 0 Å². The van der Waals surface area contributed by atoms with E-state index in [1.165, 1.54) is 120 Å². The van der Waals surface area contributed by atoms with Crippen molar-refractivity contribution in [2.75, 3.05) is 50.1 Å². The van der Waals surface area contributed by atoms with Crippen molar-refractivity contribution in [3.8, 4) is 23.0 Å². The maximum Gasteiger partial charge on any atom is 0.256 e. The van der Waals surface area contributed by atoms with E-state index in [9.17, 15) is 0 Å². The molecule has 7 aliphatic heterocycles. The first-order valence-electron chi connectivity index (χ1n) is 23.7. The van der Waals surface area contributed by atoms with Crippen LogP contribution in [0.5, 0.6) is 23.0 Å². The number of anilines is 9. The van der Waals surface area contributed by atoms with Gasteiger partial charge in [-0.25, -0.2) is 0 Å². The van der Waals surface area contributed by atoms with Crippen molar-refractivity contribution >= 4 is 198 Å². The van der Waals surface area contributed by atoms with E-state index in [1.807, 2.05) is 11.8 Å². The minimum absolute atomic E-state index is 0.0127. The molecule has 0 aromatic heterocycles. The lowest BCUT2D eigenvalue weighted by molar-refractivity contribution is 0.486. The van der Waals surface area contributed by atoms with Gasteiger partial charge >= 0.3 is 0 Å². The van der Waals surface area contributed by atoms with Crippen LogP contribution < -0.4 is 87.8 Å². The van der Waals surface area contributed by atoms with Gasteiger partial charge in [0.15, 0.2) is 0 Å². The number of fused-ring (bicyclic) bond motifs is 14. The summed E-state index contributed by atoms with van der Waals surface area (Å²) < 4.78 is 19.0. The van der Waals surface area contributed by atoms with Crippen LogP contribution in [0.2, 0.25) is 13.1 Å². The lowest BCUT2D eigenvalue weighted by Crippen LogP contribution is -2.68. The predicted molar refractivity (Wildman–Crippen MR) is 314 cm³/mol. The quantitative estimate of drug-likeness (QED) is 0.104. The highest BCUT2D eigenvalue weighted by atomic mass is 32.2. The second-order valence-electron chi connectivity index (χ2n) is 19.5. The molecule has 0 saturated carbocycles. The summed E-state index contributed by atoms with van der Waals surface area (Å²) in [5.41, 5.74) is 22.6. The zero-order chi connectivity index (χ0) is 47.1. The molecule has 15 heteroatoms. The van der Waals surface area contributed by atoms with Gasteiger partial charge in [-0.15, -0.1) is 35.3 Å². The molecule has 0 radical (unpaired) electrons. The fraction of sp³-hybridized carbons (Fsp3) is 0.127. The van der Waals surface area contributed by atoms with E-state index in [2.05, 4.69) is 191 Å². The normalized spacial score (nSPS) is 15.6. The monoisotopic (exact) mass is 1010 g/mol. The Morgan fingerprint density at radius 1 is 0.429 bits per heavy atom. The number of benzene rings is 8. The highest BCUT2D eigenvalue weighted by Crippen LogP contribution is 2.48. The standard InChI is InChI=1S/C55H43B3N4O2S5Si/c1-65-29-19-39-52-43(20-29)60-40-15-9-11-17-50(40)70(6,7)51-18-12-14-33(55(51)60)57(52)34-25-35-41(27-38(34)59-39)61(68-4)45-22-31(67-3)24-49-54(45)58(35)37-26-36-42(28-47(37)64-49)62(69-5)44-21-30(66-2)23-48-53(44)56(36)32-13-8-10-16-46(32)63-48/h8-28,59H,1-7H3. The minimum Gasteiger partial charge on any atom is -0.458 e. The fourth-order valence-corrected chi connectivity index (χ4v) is 18.8. The smallest absolute Gasteiger partial charge is 0.256 e. The van der Waals surface area contributed by atoms with Crippen LogP contribution in [0.3, 0.4) is 0 Å². The molecule has 0 atom stereocenters. The van der Waals surface area contributed by atoms with Crippen LogP contribution in [0.4, 0.5) is 51.2 Å². The second-order valence-corrected chi connectivity index (χ2v) is 27.9. The molecule has 0 unspecified atom stereocenters. The Hall–Kier alpha value is -5.28. The molecule has 338 valence electrons. The largest absolute Gasteiger partial charge is 0.458 e. The van der Waals surface area contributed by atoms with E-state index in [0.717, 1.165) is 28.7 Å². The number of nitrogens with one attached hydrogen (secondary N) is 1. The molecule has 6 nitrogen and oxygen atoms in total. The van der Waals surface area contributed by atoms with Crippen molar-refractivity contribution in [2.45, 2.75) is 27.8 Å². The number of para-hydroxylation sites is 3. The molecule has 7 aliphatic rings. The molecule has 0 saturated heterocycles. The fourth-order valence-electron chi connectivity index (χ4n) is 13.1. The minimum atomic E-state index is -2.08. The Kier molecular flexibility index (Phi) is 9.17. The number of thioether (sulfide) groups is 3. The average molecular weight is 1010 g/mol. The summed E-state index contributed by atoms with van der Waals surface area (Å²) in [7, 11) is -2.08. The number of ether oxygens (including phenoxy) is 2. The predicted octanol–water partition coefficient (Wildman–Crippen LogP) is 8.05. The van der Waals surface area contributed by atoms with E-state index in [1.54, 1.807) is 47.4 Å². The van der Waals surface area contributed by atoms with Crippen molar-refractivity contribution in [1.29, 1.82) is 0 Å². The van der Waals surface area contributed by atoms with Crippen LogP contribution in [0.25, 0.3) is 0 Å². The Bertz CT molecular complexity index is 3710. The van der Waals surface area contributed by atoms with Crippen LogP contribution in [0, 0.1) is 0 Å². The van der Waals surface area contributed by atoms with Gasteiger partial charge in [-0.3, -0.25) is 8.61 Å². The third kappa shape index (κ3) is 5.48. The van der Waals surface area contributed by atoms with Crippen LogP contribution in [-0.4, -0.2) is 59.5 Å². The van der Waals surface area contributed by atoms with Crippen molar-refractivity contribution in [2.24, 2.45) is 0 Å². The topological polar surface area (TPSA) is 40.2 Å².